The summed E-state index contributed by atoms with van der Waals surface area (Å²) in [6.07, 6.45) is 3.54. The number of hydrogen-bond donors (Lipinski definition) is 3. The average molecular weight is 477 g/mol. The lowest BCUT2D eigenvalue weighted by molar-refractivity contribution is 0.474. The van der Waals surface area contributed by atoms with Gasteiger partial charge >= 0.3 is 0 Å². The van der Waals surface area contributed by atoms with Crippen molar-refractivity contribution in [1.29, 1.82) is 0 Å². The Kier molecular flexibility index (Phi) is 6.40. The minimum atomic E-state index is -0.00145. The Morgan fingerprint density at radius 1 is 0.750 bits per heavy atom. The van der Waals surface area contributed by atoms with Crippen molar-refractivity contribution in [3.05, 3.63) is 109 Å². The molecule has 0 radical (unpaired) electrons. The highest BCUT2D eigenvalue weighted by Gasteiger charge is 2.14. The zero-order chi connectivity index (χ0) is 24.9. The van der Waals surface area contributed by atoms with Gasteiger partial charge in [0, 0.05) is 17.8 Å². The summed E-state index contributed by atoms with van der Waals surface area (Å²) in [6.45, 7) is 1.11. The van der Waals surface area contributed by atoms with Crippen molar-refractivity contribution in [2.75, 3.05) is 10.6 Å². The van der Waals surface area contributed by atoms with E-state index in [0.717, 1.165) is 22.5 Å². The van der Waals surface area contributed by atoms with Crippen LogP contribution in [0, 0.1) is 0 Å². The molecule has 0 atom stereocenters. The first-order valence-electron chi connectivity index (χ1n) is 11.4. The first-order chi connectivity index (χ1) is 17.6. The molecule has 3 aromatic carbocycles. The molecule has 2 aromatic heterocycles. The summed E-state index contributed by atoms with van der Waals surface area (Å²) in [5, 5.41) is 30.1. The number of nitrogens with two attached hydrogens (primary N) is 1. The quantitative estimate of drug-likeness (QED) is 0.189. The van der Waals surface area contributed by atoms with Gasteiger partial charge in [0.05, 0.1) is 41.5 Å². The van der Waals surface area contributed by atoms with Gasteiger partial charge in [-0.25, -0.2) is 0 Å². The second-order valence-electron chi connectivity index (χ2n) is 8.28. The van der Waals surface area contributed by atoms with E-state index in [2.05, 4.69) is 25.1 Å². The van der Waals surface area contributed by atoms with Gasteiger partial charge < -0.3 is 20.8 Å². The molecule has 178 valence electrons. The number of phenols is 2. The van der Waals surface area contributed by atoms with Crippen LogP contribution in [0.5, 0.6) is 11.5 Å². The second-order valence-corrected chi connectivity index (χ2v) is 8.28. The third-order valence-electron chi connectivity index (χ3n) is 5.73. The number of azo groups is 1. The van der Waals surface area contributed by atoms with Gasteiger partial charge in [-0.2, -0.15) is 5.11 Å². The minimum Gasteiger partial charge on any atom is -0.508 e. The van der Waals surface area contributed by atoms with Crippen molar-refractivity contribution in [2.24, 2.45) is 10.2 Å². The molecular formula is C28H24N6O2. The smallest absolute Gasteiger partial charge is 0.143 e. The number of aromatic hydroxyl groups is 2. The van der Waals surface area contributed by atoms with Crippen LogP contribution in [0.3, 0.4) is 0 Å². The largest absolute Gasteiger partial charge is 0.508 e. The maximum Gasteiger partial charge on any atom is 0.143 e. The molecule has 5 aromatic rings. The van der Waals surface area contributed by atoms with E-state index in [0.29, 0.717) is 35.5 Å². The van der Waals surface area contributed by atoms with Crippen molar-refractivity contribution in [1.82, 2.24) is 9.97 Å². The van der Waals surface area contributed by atoms with E-state index in [1.807, 2.05) is 48.5 Å². The van der Waals surface area contributed by atoms with Gasteiger partial charge in [0.25, 0.3) is 0 Å². The van der Waals surface area contributed by atoms with E-state index in [1.165, 1.54) is 6.07 Å². The van der Waals surface area contributed by atoms with Crippen molar-refractivity contribution in [2.45, 2.75) is 13.1 Å². The topological polar surface area (TPSA) is 120 Å². The Labute approximate surface area is 208 Å². The number of anilines is 2. The summed E-state index contributed by atoms with van der Waals surface area (Å²) in [4.78, 5) is 11.0. The molecule has 0 fully saturated rings. The number of nitrogen functional groups attached to an aromatic ring is 1. The van der Waals surface area contributed by atoms with E-state index in [-0.39, 0.29) is 11.5 Å². The zero-order valence-corrected chi connectivity index (χ0v) is 19.4. The average Bonchev–Trinajstić information content (AvgIpc) is 2.89. The zero-order valence-electron chi connectivity index (χ0n) is 19.4. The Balaban J connectivity index is 1.45. The number of benzene rings is 3. The van der Waals surface area contributed by atoms with E-state index in [4.69, 9.17) is 5.73 Å². The van der Waals surface area contributed by atoms with E-state index in [9.17, 15) is 10.2 Å². The van der Waals surface area contributed by atoms with Crippen LogP contribution in [0.15, 0.2) is 108 Å². The second kappa shape index (κ2) is 10.1. The summed E-state index contributed by atoms with van der Waals surface area (Å²) < 4.78 is 0. The molecule has 0 aliphatic carbocycles. The highest BCUT2D eigenvalue weighted by Crippen LogP contribution is 2.38. The maximum atomic E-state index is 10.3. The molecule has 0 aliphatic heterocycles. The fourth-order valence-electron chi connectivity index (χ4n) is 3.99. The molecule has 2 heterocycles. The number of phenolic OH excluding ortho intramolecular Hbond substituents is 2. The fraction of sp³-hybridized carbons (Fsp3) is 0.0714. The van der Waals surface area contributed by atoms with Crippen molar-refractivity contribution >= 4 is 33.5 Å². The molecule has 36 heavy (non-hydrogen) atoms. The summed E-state index contributed by atoms with van der Waals surface area (Å²) in [5.74, 6) is 0.138. The number of nitrogens with zero attached hydrogens (tertiary/aromatic N) is 5. The van der Waals surface area contributed by atoms with Gasteiger partial charge in [0.2, 0.25) is 0 Å². The predicted octanol–water partition coefficient (Wildman–Crippen LogP) is 6.25. The van der Waals surface area contributed by atoms with Crippen molar-refractivity contribution < 1.29 is 10.2 Å². The van der Waals surface area contributed by atoms with Crippen LogP contribution in [0.25, 0.3) is 10.8 Å². The lowest BCUT2D eigenvalue weighted by Gasteiger charge is -2.25. The Bertz CT molecular complexity index is 1480. The van der Waals surface area contributed by atoms with Crippen LogP contribution in [-0.4, -0.2) is 20.2 Å². The van der Waals surface area contributed by atoms with Gasteiger partial charge in [0.1, 0.15) is 17.2 Å². The highest BCUT2D eigenvalue weighted by molar-refractivity contribution is 5.96. The third kappa shape index (κ3) is 5.07. The highest BCUT2D eigenvalue weighted by atomic mass is 16.3. The maximum absolute atomic E-state index is 10.3. The first kappa shape index (κ1) is 22.8. The summed E-state index contributed by atoms with van der Waals surface area (Å²) >= 11 is 0. The molecule has 8 heteroatoms. The number of aromatic nitrogens is 2. The lowest BCUT2D eigenvalue weighted by Crippen LogP contribution is -2.24. The van der Waals surface area contributed by atoms with Gasteiger partial charge in [-0.1, -0.05) is 18.2 Å². The standard InChI is InChI=1S/C28H24N6O2/c29-25-16-20(32-33-28-24-10-9-23(35)15-19(24)7-12-27(28)36)8-11-26(25)34(17-21-5-1-3-13-30-21)18-22-6-2-4-14-31-22/h1-16,35-36H,17-18,29H2/b33-32+. The van der Waals surface area contributed by atoms with Gasteiger partial charge in [0.15, 0.2) is 0 Å². The van der Waals surface area contributed by atoms with E-state index >= 15 is 0 Å². The summed E-state index contributed by atoms with van der Waals surface area (Å²) in [7, 11) is 0. The van der Waals surface area contributed by atoms with Crippen LogP contribution in [0.1, 0.15) is 11.4 Å². The molecule has 0 aliphatic rings. The molecule has 8 nitrogen and oxygen atoms in total. The number of pyridine rings is 2. The van der Waals surface area contributed by atoms with Crippen LogP contribution in [0.4, 0.5) is 22.7 Å². The third-order valence-corrected chi connectivity index (χ3v) is 5.73. The van der Waals surface area contributed by atoms with Crippen LogP contribution in [0.2, 0.25) is 0 Å². The van der Waals surface area contributed by atoms with Crippen molar-refractivity contribution in [3.63, 3.8) is 0 Å². The first-order valence-corrected chi connectivity index (χ1v) is 11.4. The number of rotatable bonds is 7. The van der Waals surface area contributed by atoms with E-state index in [1.54, 1.807) is 42.7 Å². The molecule has 0 bridgehead atoms. The van der Waals surface area contributed by atoms with Gasteiger partial charge in [-0.15, -0.1) is 5.11 Å². The van der Waals surface area contributed by atoms with Gasteiger partial charge in [-0.05, 0) is 72.1 Å². The number of fused-ring (bicyclic) bond motifs is 1. The molecule has 0 amide bonds. The molecule has 5 rings (SSSR count). The molecule has 0 saturated heterocycles. The van der Waals surface area contributed by atoms with Crippen LogP contribution in [-0.2, 0) is 13.1 Å². The van der Waals surface area contributed by atoms with Crippen LogP contribution < -0.4 is 10.6 Å². The van der Waals surface area contributed by atoms with Crippen LogP contribution >= 0.6 is 0 Å². The van der Waals surface area contributed by atoms with Gasteiger partial charge in [-0.3, -0.25) is 9.97 Å². The monoisotopic (exact) mass is 476 g/mol. The Hall–Kier alpha value is -4.98. The SMILES string of the molecule is Nc1cc(/N=N/c2c(O)ccc3cc(O)ccc23)ccc1N(Cc1ccccn1)Cc1ccccn1. The van der Waals surface area contributed by atoms with E-state index < -0.39 is 0 Å². The normalized spacial score (nSPS) is 11.2. The fourth-order valence-corrected chi connectivity index (χ4v) is 3.99. The summed E-state index contributed by atoms with van der Waals surface area (Å²) in [5.41, 5.74) is 10.5. The molecular weight excluding hydrogens is 452 g/mol. The molecule has 4 N–H and O–H groups in total. The van der Waals surface area contributed by atoms with Crippen molar-refractivity contribution in [3.8, 4) is 11.5 Å². The molecule has 0 saturated carbocycles. The Morgan fingerprint density at radius 3 is 2.11 bits per heavy atom. The lowest BCUT2D eigenvalue weighted by atomic mass is 10.1. The molecule has 0 spiro atoms. The Morgan fingerprint density at radius 2 is 1.47 bits per heavy atom. The number of hydrogen-bond acceptors (Lipinski definition) is 8. The minimum absolute atomic E-state index is 0.00145. The molecule has 0 unspecified atom stereocenters. The predicted molar refractivity (Wildman–Crippen MR) is 141 cm³/mol. The summed E-state index contributed by atoms with van der Waals surface area (Å²) in [6, 6.07) is 25.2.